The molecule has 0 aliphatic heterocycles. The number of hydrogen-bond acceptors (Lipinski definition) is 3. The predicted octanol–water partition coefficient (Wildman–Crippen LogP) is 3.65. The van der Waals surface area contributed by atoms with Crippen LogP contribution in [0.3, 0.4) is 0 Å². The SMILES string of the molecule is CCN(Cc1c(Cl)cc(C)nc1Cl)C1CCCC1CN. The van der Waals surface area contributed by atoms with Gasteiger partial charge in [-0.15, -0.1) is 0 Å². The number of halogens is 2. The Balaban J connectivity index is 2.18. The third-order valence-electron chi connectivity index (χ3n) is 4.31. The van der Waals surface area contributed by atoms with Crippen LogP contribution in [0.1, 0.15) is 37.4 Å². The minimum atomic E-state index is 0.524. The van der Waals surface area contributed by atoms with Crippen molar-refractivity contribution in [2.45, 2.75) is 45.7 Å². The van der Waals surface area contributed by atoms with Crippen molar-refractivity contribution in [1.82, 2.24) is 9.88 Å². The summed E-state index contributed by atoms with van der Waals surface area (Å²) in [5.74, 6) is 0.589. The Kier molecular flexibility index (Phi) is 5.67. The first-order valence-corrected chi connectivity index (χ1v) is 8.08. The zero-order valence-corrected chi connectivity index (χ0v) is 13.7. The van der Waals surface area contributed by atoms with Crippen LogP contribution in [-0.2, 0) is 6.54 Å². The minimum Gasteiger partial charge on any atom is -0.330 e. The molecule has 0 aromatic carbocycles. The van der Waals surface area contributed by atoms with E-state index in [0.29, 0.717) is 22.1 Å². The van der Waals surface area contributed by atoms with Gasteiger partial charge < -0.3 is 5.73 Å². The lowest BCUT2D eigenvalue weighted by Gasteiger charge is -2.32. The Labute approximate surface area is 131 Å². The van der Waals surface area contributed by atoms with Gasteiger partial charge in [-0.2, -0.15) is 0 Å². The second-order valence-corrected chi connectivity index (χ2v) is 6.34. The lowest BCUT2D eigenvalue weighted by molar-refractivity contribution is 0.162. The molecule has 1 saturated carbocycles. The highest BCUT2D eigenvalue weighted by atomic mass is 35.5. The summed E-state index contributed by atoms with van der Waals surface area (Å²) in [5, 5.41) is 1.24. The van der Waals surface area contributed by atoms with Crippen LogP contribution in [-0.4, -0.2) is 29.0 Å². The fraction of sp³-hybridized carbons (Fsp3) is 0.667. The van der Waals surface area contributed by atoms with Crippen molar-refractivity contribution in [3.05, 3.63) is 27.5 Å². The zero-order chi connectivity index (χ0) is 14.7. The number of rotatable bonds is 5. The molecular formula is C15H23Cl2N3. The van der Waals surface area contributed by atoms with Gasteiger partial charge in [0.05, 0.1) is 0 Å². The summed E-state index contributed by atoms with van der Waals surface area (Å²) in [6.07, 6.45) is 3.70. The van der Waals surface area contributed by atoms with E-state index < -0.39 is 0 Å². The van der Waals surface area contributed by atoms with Gasteiger partial charge in [-0.05, 0) is 44.8 Å². The summed E-state index contributed by atoms with van der Waals surface area (Å²) in [6.45, 7) is 6.56. The third-order valence-corrected chi connectivity index (χ3v) is 4.96. The van der Waals surface area contributed by atoms with Crippen LogP contribution in [0.25, 0.3) is 0 Å². The van der Waals surface area contributed by atoms with Crippen molar-refractivity contribution in [1.29, 1.82) is 0 Å². The van der Waals surface area contributed by atoms with E-state index in [-0.39, 0.29) is 0 Å². The Morgan fingerprint density at radius 2 is 2.15 bits per heavy atom. The van der Waals surface area contributed by atoms with Crippen molar-refractivity contribution in [2.24, 2.45) is 11.7 Å². The number of aryl methyl sites for hydroxylation is 1. The molecule has 0 bridgehead atoms. The Morgan fingerprint density at radius 3 is 2.75 bits per heavy atom. The number of pyridine rings is 1. The van der Waals surface area contributed by atoms with Gasteiger partial charge in [-0.25, -0.2) is 4.98 Å². The maximum atomic E-state index is 6.34. The number of nitrogens with two attached hydrogens (primary N) is 1. The van der Waals surface area contributed by atoms with Crippen LogP contribution in [0, 0.1) is 12.8 Å². The lowest BCUT2D eigenvalue weighted by atomic mass is 10.0. The maximum Gasteiger partial charge on any atom is 0.135 e. The normalized spacial score (nSPS) is 22.7. The lowest BCUT2D eigenvalue weighted by Crippen LogP contribution is -2.40. The van der Waals surface area contributed by atoms with Gasteiger partial charge in [0.15, 0.2) is 0 Å². The second kappa shape index (κ2) is 7.08. The highest BCUT2D eigenvalue weighted by molar-refractivity contribution is 6.35. The molecular weight excluding hydrogens is 293 g/mol. The molecule has 2 N–H and O–H groups in total. The van der Waals surface area contributed by atoms with E-state index in [1.165, 1.54) is 19.3 Å². The summed E-state index contributed by atoms with van der Waals surface area (Å²) < 4.78 is 0. The van der Waals surface area contributed by atoms with E-state index in [2.05, 4.69) is 16.8 Å². The molecule has 2 unspecified atom stereocenters. The van der Waals surface area contributed by atoms with Crippen molar-refractivity contribution in [3.63, 3.8) is 0 Å². The van der Waals surface area contributed by atoms with Crippen LogP contribution in [0.5, 0.6) is 0 Å². The molecule has 1 aromatic heterocycles. The summed E-state index contributed by atoms with van der Waals surface area (Å²) in [6, 6.07) is 2.42. The third kappa shape index (κ3) is 3.45. The monoisotopic (exact) mass is 315 g/mol. The molecule has 1 heterocycles. The van der Waals surface area contributed by atoms with Crippen LogP contribution in [0.15, 0.2) is 6.07 Å². The number of aromatic nitrogens is 1. The number of hydrogen-bond donors (Lipinski definition) is 1. The average Bonchev–Trinajstić information content (AvgIpc) is 2.86. The van der Waals surface area contributed by atoms with Crippen LogP contribution in [0.2, 0.25) is 10.2 Å². The molecule has 2 atom stereocenters. The summed E-state index contributed by atoms with van der Waals surface area (Å²) in [7, 11) is 0. The Morgan fingerprint density at radius 1 is 1.40 bits per heavy atom. The molecule has 112 valence electrons. The fourth-order valence-corrected chi connectivity index (χ4v) is 3.85. The molecule has 1 aliphatic carbocycles. The Hall–Kier alpha value is -0.350. The molecule has 1 fully saturated rings. The molecule has 20 heavy (non-hydrogen) atoms. The van der Waals surface area contributed by atoms with Gasteiger partial charge in [-0.1, -0.05) is 36.5 Å². The molecule has 2 rings (SSSR count). The average molecular weight is 316 g/mol. The Bertz CT molecular complexity index is 441. The zero-order valence-electron chi connectivity index (χ0n) is 12.2. The molecule has 1 aliphatic rings. The van der Waals surface area contributed by atoms with Gasteiger partial charge in [0.2, 0.25) is 0 Å². The maximum absolute atomic E-state index is 6.34. The fourth-order valence-electron chi connectivity index (χ4n) is 3.20. The van der Waals surface area contributed by atoms with E-state index >= 15 is 0 Å². The van der Waals surface area contributed by atoms with E-state index in [9.17, 15) is 0 Å². The quantitative estimate of drug-likeness (QED) is 0.843. The van der Waals surface area contributed by atoms with Crippen LogP contribution in [0.4, 0.5) is 0 Å². The molecule has 0 spiro atoms. The summed E-state index contributed by atoms with van der Waals surface area (Å²) in [5.41, 5.74) is 7.69. The van der Waals surface area contributed by atoms with E-state index in [4.69, 9.17) is 28.9 Å². The summed E-state index contributed by atoms with van der Waals surface area (Å²) in [4.78, 5) is 6.76. The first-order valence-electron chi connectivity index (χ1n) is 7.32. The van der Waals surface area contributed by atoms with Crippen molar-refractivity contribution >= 4 is 23.2 Å². The summed E-state index contributed by atoms with van der Waals surface area (Å²) >= 11 is 12.6. The van der Waals surface area contributed by atoms with E-state index in [0.717, 1.165) is 30.9 Å². The standard InChI is InChI=1S/C15H23Cl2N3/c1-3-20(14-6-4-5-11(14)8-18)9-12-13(16)7-10(2)19-15(12)17/h7,11,14H,3-6,8-9,18H2,1-2H3. The first kappa shape index (κ1) is 16.0. The molecule has 0 saturated heterocycles. The van der Waals surface area contributed by atoms with Crippen molar-refractivity contribution < 1.29 is 0 Å². The highest BCUT2D eigenvalue weighted by Gasteiger charge is 2.31. The van der Waals surface area contributed by atoms with Crippen LogP contribution >= 0.6 is 23.2 Å². The number of nitrogens with zero attached hydrogens (tertiary/aromatic N) is 2. The van der Waals surface area contributed by atoms with Gasteiger partial charge in [0, 0.05) is 28.9 Å². The van der Waals surface area contributed by atoms with Crippen molar-refractivity contribution in [3.8, 4) is 0 Å². The largest absolute Gasteiger partial charge is 0.330 e. The topological polar surface area (TPSA) is 42.2 Å². The van der Waals surface area contributed by atoms with E-state index in [1.54, 1.807) is 0 Å². The van der Waals surface area contributed by atoms with Gasteiger partial charge >= 0.3 is 0 Å². The van der Waals surface area contributed by atoms with Crippen molar-refractivity contribution in [2.75, 3.05) is 13.1 Å². The van der Waals surface area contributed by atoms with Gasteiger partial charge in [-0.3, -0.25) is 4.90 Å². The molecule has 3 nitrogen and oxygen atoms in total. The highest BCUT2D eigenvalue weighted by Crippen LogP contribution is 2.32. The van der Waals surface area contributed by atoms with Gasteiger partial charge in [0.1, 0.15) is 5.15 Å². The first-order chi connectivity index (χ1) is 9.56. The smallest absolute Gasteiger partial charge is 0.135 e. The molecule has 5 heteroatoms. The second-order valence-electron chi connectivity index (χ2n) is 5.57. The molecule has 0 amide bonds. The minimum absolute atomic E-state index is 0.524. The molecule has 0 radical (unpaired) electrons. The van der Waals surface area contributed by atoms with E-state index in [1.807, 2.05) is 13.0 Å². The van der Waals surface area contributed by atoms with Gasteiger partial charge in [0.25, 0.3) is 0 Å². The molecule has 1 aromatic rings. The predicted molar refractivity (Wildman–Crippen MR) is 85.3 cm³/mol. The van der Waals surface area contributed by atoms with Crippen LogP contribution < -0.4 is 5.73 Å².